The maximum absolute atomic E-state index is 5.81. The van der Waals surface area contributed by atoms with Gasteiger partial charge < -0.3 is 15.5 Å². The lowest BCUT2D eigenvalue weighted by atomic mass is 10.1. The van der Waals surface area contributed by atoms with Crippen LogP contribution in [0.1, 0.15) is 46.0 Å². The van der Waals surface area contributed by atoms with Crippen LogP contribution in [0.5, 0.6) is 6.01 Å². The Hall–Kier alpha value is -1.71. The molecule has 4 nitrogen and oxygen atoms in total. The molecule has 0 saturated carbocycles. The van der Waals surface area contributed by atoms with Crippen molar-refractivity contribution in [1.82, 2.24) is 9.97 Å². The topological polar surface area (TPSA) is 63.9 Å². The van der Waals surface area contributed by atoms with Crippen LogP contribution in [0.25, 0.3) is 11.0 Å². The van der Waals surface area contributed by atoms with E-state index in [4.69, 9.17) is 10.5 Å². The van der Waals surface area contributed by atoms with E-state index in [1.165, 1.54) is 25.7 Å². The fourth-order valence-corrected chi connectivity index (χ4v) is 2.17. The Morgan fingerprint density at radius 1 is 1.32 bits per heavy atom. The van der Waals surface area contributed by atoms with Crippen molar-refractivity contribution in [3.63, 3.8) is 0 Å². The molecule has 1 unspecified atom stereocenters. The second-order valence-corrected chi connectivity index (χ2v) is 5.10. The third-order valence-corrected chi connectivity index (χ3v) is 3.26. The molecule has 104 valence electrons. The molecule has 0 spiro atoms. The summed E-state index contributed by atoms with van der Waals surface area (Å²) in [7, 11) is 0. The lowest BCUT2D eigenvalue weighted by Gasteiger charge is -2.11. The summed E-state index contributed by atoms with van der Waals surface area (Å²) in [6.07, 6.45) is 6.31. The highest BCUT2D eigenvalue weighted by molar-refractivity contribution is 5.79. The first-order valence-corrected chi connectivity index (χ1v) is 7.11. The molecule has 0 fully saturated rings. The van der Waals surface area contributed by atoms with E-state index in [1.54, 1.807) is 0 Å². The summed E-state index contributed by atoms with van der Waals surface area (Å²) >= 11 is 0. The number of ether oxygens (including phenoxy) is 1. The van der Waals surface area contributed by atoms with E-state index in [1.807, 2.05) is 18.2 Å². The monoisotopic (exact) mass is 261 g/mol. The fourth-order valence-electron chi connectivity index (χ4n) is 2.17. The van der Waals surface area contributed by atoms with Crippen molar-refractivity contribution in [2.75, 3.05) is 5.73 Å². The van der Waals surface area contributed by atoms with Gasteiger partial charge in [-0.15, -0.1) is 0 Å². The highest BCUT2D eigenvalue weighted by Gasteiger charge is 2.08. The van der Waals surface area contributed by atoms with Crippen molar-refractivity contribution in [3.8, 4) is 6.01 Å². The van der Waals surface area contributed by atoms with Gasteiger partial charge in [-0.1, -0.05) is 26.2 Å². The summed E-state index contributed by atoms with van der Waals surface area (Å²) in [5, 5.41) is 0. The fraction of sp³-hybridized carbons (Fsp3) is 0.533. The molecule has 4 heteroatoms. The van der Waals surface area contributed by atoms with Gasteiger partial charge in [0.05, 0.1) is 17.1 Å². The third kappa shape index (κ3) is 3.88. The van der Waals surface area contributed by atoms with Crippen molar-refractivity contribution in [1.29, 1.82) is 0 Å². The summed E-state index contributed by atoms with van der Waals surface area (Å²) in [5.41, 5.74) is 8.29. The molecule has 0 aliphatic carbocycles. The highest BCUT2D eigenvalue weighted by Crippen LogP contribution is 2.20. The van der Waals surface area contributed by atoms with Gasteiger partial charge >= 0.3 is 0 Å². The molecule has 0 aliphatic heterocycles. The lowest BCUT2D eigenvalue weighted by molar-refractivity contribution is 0.192. The van der Waals surface area contributed by atoms with E-state index in [-0.39, 0.29) is 6.10 Å². The maximum Gasteiger partial charge on any atom is 0.294 e. The van der Waals surface area contributed by atoms with Gasteiger partial charge in [-0.25, -0.2) is 0 Å². The molecular weight excluding hydrogens is 238 g/mol. The molecule has 1 heterocycles. The van der Waals surface area contributed by atoms with Crippen LogP contribution in [0.2, 0.25) is 0 Å². The maximum atomic E-state index is 5.81. The van der Waals surface area contributed by atoms with Crippen LogP contribution in [0.3, 0.4) is 0 Å². The molecule has 3 N–H and O–H groups in total. The zero-order valence-corrected chi connectivity index (χ0v) is 11.8. The van der Waals surface area contributed by atoms with E-state index >= 15 is 0 Å². The van der Waals surface area contributed by atoms with Crippen LogP contribution in [0.4, 0.5) is 5.69 Å². The predicted octanol–water partition coefficient (Wildman–Crippen LogP) is 3.88. The molecule has 19 heavy (non-hydrogen) atoms. The van der Waals surface area contributed by atoms with Crippen molar-refractivity contribution >= 4 is 16.7 Å². The van der Waals surface area contributed by atoms with Gasteiger partial charge in [0.2, 0.25) is 0 Å². The second kappa shape index (κ2) is 6.45. The van der Waals surface area contributed by atoms with Crippen molar-refractivity contribution in [2.24, 2.45) is 0 Å². The molecule has 2 rings (SSSR count). The average Bonchev–Trinajstić information content (AvgIpc) is 2.76. The Morgan fingerprint density at radius 3 is 2.95 bits per heavy atom. The highest BCUT2D eigenvalue weighted by atomic mass is 16.5. The number of unbranched alkanes of at least 4 members (excludes halogenated alkanes) is 3. The molecule has 0 aliphatic rings. The van der Waals surface area contributed by atoms with Crippen molar-refractivity contribution in [2.45, 2.75) is 52.1 Å². The molecule has 1 aromatic carbocycles. The van der Waals surface area contributed by atoms with E-state index in [0.29, 0.717) is 6.01 Å². The zero-order chi connectivity index (χ0) is 13.7. The molecule has 0 saturated heterocycles. The van der Waals surface area contributed by atoms with Gasteiger partial charge in [-0.3, -0.25) is 0 Å². The number of imidazole rings is 1. The van der Waals surface area contributed by atoms with Gasteiger partial charge in [0.25, 0.3) is 6.01 Å². The summed E-state index contributed by atoms with van der Waals surface area (Å²) in [6, 6.07) is 6.21. The van der Waals surface area contributed by atoms with Crippen molar-refractivity contribution in [3.05, 3.63) is 18.2 Å². The molecule has 0 amide bonds. The summed E-state index contributed by atoms with van der Waals surface area (Å²) in [6.45, 7) is 4.31. The van der Waals surface area contributed by atoms with Crippen molar-refractivity contribution < 1.29 is 4.74 Å². The number of aromatic nitrogens is 2. The third-order valence-electron chi connectivity index (χ3n) is 3.26. The molecule has 1 atom stereocenters. The SMILES string of the molecule is CCCCCCC(C)Oc1nc2ccc(N)cc2[nH]1. The minimum absolute atomic E-state index is 0.190. The van der Waals surface area contributed by atoms with E-state index < -0.39 is 0 Å². The first kappa shape index (κ1) is 13.7. The number of nitrogen functional groups attached to an aromatic ring is 1. The van der Waals surface area contributed by atoms with Crippen LogP contribution >= 0.6 is 0 Å². The normalized spacial score (nSPS) is 12.7. The summed E-state index contributed by atoms with van der Waals surface area (Å²) in [4.78, 5) is 7.56. The number of aromatic amines is 1. The summed E-state index contributed by atoms with van der Waals surface area (Å²) < 4.78 is 5.81. The first-order chi connectivity index (χ1) is 9.19. The molecule has 0 bridgehead atoms. The average molecular weight is 261 g/mol. The Balaban J connectivity index is 1.89. The number of hydrogen-bond acceptors (Lipinski definition) is 3. The first-order valence-electron chi connectivity index (χ1n) is 7.11. The van der Waals surface area contributed by atoms with Crippen LogP contribution in [0.15, 0.2) is 18.2 Å². The predicted molar refractivity (Wildman–Crippen MR) is 79.4 cm³/mol. The van der Waals surface area contributed by atoms with Gasteiger partial charge in [0, 0.05) is 5.69 Å². The lowest BCUT2D eigenvalue weighted by Crippen LogP contribution is -2.12. The largest absolute Gasteiger partial charge is 0.462 e. The van der Waals surface area contributed by atoms with Gasteiger partial charge in [0.15, 0.2) is 0 Å². The minimum atomic E-state index is 0.190. The number of nitrogens with two attached hydrogens (primary N) is 1. The quantitative estimate of drug-likeness (QED) is 0.587. The number of nitrogens with one attached hydrogen (secondary N) is 1. The summed E-state index contributed by atoms with van der Waals surface area (Å²) in [5.74, 6) is 0. The van der Waals surface area contributed by atoms with E-state index in [2.05, 4.69) is 23.8 Å². The second-order valence-electron chi connectivity index (χ2n) is 5.10. The number of anilines is 1. The van der Waals surface area contributed by atoms with Gasteiger partial charge in [-0.2, -0.15) is 4.98 Å². The Morgan fingerprint density at radius 2 is 2.16 bits per heavy atom. The zero-order valence-electron chi connectivity index (χ0n) is 11.8. The standard InChI is InChI=1S/C15H23N3O/c1-3-4-5-6-7-11(2)19-15-17-13-9-8-12(16)10-14(13)18-15/h8-11H,3-7,16H2,1-2H3,(H,17,18). The Labute approximate surface area is 114 Å². The number of fused-ring (bicyclic) bond motifs is 1. The van der Waals surface area contributed by atoms with E-state index in [0.717, 1.165) is 23.1 Å². The number of benzene rings is 1. The smallest absolute Gasteiger partial charge is 0.294 e. The molecule has 0 radical (unpaired) electrons. The number of hydrogen-bond donors (Lipinski definition) is 2. The van der Waals surface area contributed by atoms with Gasteiger partial charge in [0.1, 0.15) is 0 Å². The molecule has 1 aromatic heterocycles. The van der Waals surface area contributed by atoms with Gasteiger partial charge in [-0.05, 0) is 38.0 Å². The number of rotatable bonds is 7. The Kier molecular flexibility index (Phi) is 4.66. The molecular formula is C15H23N3O. The van der Waals surface area contributed by atoms with Crippen LogP contribution < -0.4 is 10.5 Å². The van der Waals surface area contributed by atoms with Crippen LogP contribution in [-0.4, -0.2) is 16.1 Å². The number of nitrogens with zero attached hydrogens (tertiary/aromatic N) is 1. The minimum Gasteiger partial charge on any atom is -0.462 e. The van der Waals surface area contributed by atoms with Crippen LogP contribution in [0, 0.1) is 0 Å². The van der Waals surface area contributed by atoms with E-state index in [9.17, 15) is 0 Å². The number of H-pyrrole nitrogens is 1. The Bertz CT molecular complexity index is 521. The molecule has 2 aromatic rings. The van der Waals surface area contributed by atoms with Crippen LogP contribution in [-0.2, 0) is 0 Å².